The number of alkyl halides is 1. The van der Waals surface area contributed by atoms with Crippen molar-refractivity contribution in [1.82, 2.24) is 5.01 Å². The lowest BCUT2D eigenvalue weighted by Crippen LogP contribution is -2.50. The lowest BCUT2D eigenvalue weighted by molar-refractivity contribution is -0.124. The van der Waals surface area contributed by atoms with E-state index in [1.807, 2.05) is 35.3 Å². The van der Waals surface area contributed by atoms with E-state index in [2.05, 4.69) is 59.1 Å². The molecule has 24 heavy (non-hydrogen) atoms. The van der Waals surface area contributed by atoms with Crippen LogP contribution >= 0.6 is 15.9 Å². The molecule has 4 heteroatoms. The first-order valence-corrected chi connectivity index (χ1v) is 9.63. The predicted octanol–water partition coefficient (Wildman–Crippen LogP) is 4.36. The maximum absolute atomic E-state index is 13.7. The first-order chi connectivity index (χ1) is 11.7. The monoisotopic (exact) mass is 386 g/mol. The smallest absolute Gasteiger partial charge is 0.256 e. The van der Waals surface area contributed by atoms with Crippen molar-refractivity contribution in [2.45, 2.75) is 25.7 Å². The van der Waals surface area contributed by atoms with Gasteiger partial charge in [0.2, 0.25) is 0 Å². The number of benzene rings is 2. The summed E-state index contributed by atoms with van der Waals surface area (Å²) in [6.07, 6.45) is 0.741. The largest absolute Gasteiger partial charge is 0.272 e. The number of hydrogen-bond donors (Lipinski definition) is 0. The molecule has 1 atom stereocenters. The highest BCUT2D eigenvalue weighted by molar-refractivity contribution is 9.09. The first kappa shape index (κ1) is 17.2. The number of rotatable bonds is 6. The van der Waals surface area contributed by atoms with Gasteiger partial charge in [-0.1, -0.05) is 78.3 Å². The van der Waals surface area contributed by atoms with Crippen LogP contribution in [0.1, 0.15) is 31.4 Å². The standard InChI is InChI=1S/C20H23BrN2O/c1-3-22(4-2)23-18-13-9-8-12-17(18)20(14-15-21,19(23)24)16-10-6-5-7-11-16/h5-13H,3-4,14-15H2,1-2H3. The molecule has 0 radical (unpaired) electrons. The lowest BCUT2D eigenvalue weighted by Gasteiger charge is -2.33. The number of carbonyl (C=O) groups is 1. The molecule has 2 aromatic rings. The summed E-state index contributed by atoms with van der Waals surface area (Å²) in [5.41, 5.74) is 2.56. The molecular formula is C20H23BrN2O. The van der Waals surface area contributed by atoms with E-state index in [1.165, 1.54) is 0 Å². The molecule has 0 saturated heterocycles. The maximum Gasteiger partial charge on any atom is 0.256 e. The second-order valence-corrected chi connectivity index (χ2v) is 6.78. The Kier molecular flexibility index (Phi) is 5.07. The Morgan fingerprint density at radius 1 is 1.00 bits per heavy atom. The molecule has 1 amide bonds. The van der Waals surface area contributed by atoms with E-state index < -0.39 is 5.41 Å². The van der Waals surface area contributed by atoms with Crippen molar-refractivity contribution in [2.75, 3.05) is 23.4 Å². The number of hydrazine groups is 1. The zero-order chi connectivity index (χ0) is 17.2. The average Bonchev–Trinajstić information content (AvgIpc) is 2.88. The van der Waals surface area contributed by atoms with Gasteiger partial charge in [0.25, 0.3) is 5.91 Å². The minimum absolute atomic E-state index is 0.151. The topological polar surface area (TPSA) is 23.6 Å². The van der Waals surface area contributed by atoms with Crippen LogP contribution in [0.15, 0.2) is 54.6 Å². The van der Waals surface area contributed by atoms with Gasteiger partial charge in [0.1, 0.15) is 5.41 Å². The van der Waals surface area contributed by atoms with Gasteiger partial charge in [-0.15, -0.1) is 0 Å². The summed E-state index contributed by atoms with van der Waals surface area (Å²) < 4.78 is 0. The van der Waals surface area contributed by atoms with Gasteiger partial charge in [0.15, 0.2) is 0 Å². The maximum atomic E-state index is 13.7. The van der Waals surface area contributed by atoms with E-state index in [-0.39, 0.29) is 5.91 Å². The van der Waals surface area contributed by atoms with Gasteiger partial charge in [0, 0.05) is 18.4 Å². The molecule has 3 rings (SSSR count). The number of hydrogen-bond acceptors (Lipinski definition) is 2. The fourth-order valence-corrected chi connectivity index (χ4v) is 4.34. The highest BCUT2D eigenvalue weighted by Gasteiger charge is 2.52. The summed E-state index contributed by atoms with van der Waals surface area (Å²) in [7, 11) is 0. The van der Waals surface area contributed by atoms with E-state index in [9.17, 15) is 4.79 Å². The molecule has 0 aliphatic carbocycles. The second kappa shape index (κ2) is 7.08. The summed E-state index contributed by atoms with van der Waals surface area (Å²) in [6.45, 7) is 5.78. The summed E-state index contributed by atoms with van der Waals surface area (Å²) in [6, 6.07) is 18.4. The van der Waals surface area contributed by atoms with Crippen LogP contribution in [-0.2, 0) is 10.2 Å². The lowest BCUT2D eigenvalue weighted by atomic mass is 9.73. The number of fused-ring (bicyclic) bond motifs is 1. The number of nitrogens with zero attached hydrogens (tertiary/aromatic N) is 2. The van der Waals surface area contributed by atoms with Crippen LogP contribution in [0.25, 0.3) is 0 Å². The van der Waals surface area contributed by atoms with E-state index in [4.69, 9.17) is 0 Å². The Labute approximate surface area is 152 Å². The van der Waals surface area contributed by atoms with Crippen LogP contribution in [0, 0.1) is 0 Å². The van der Waals surface area contributed by atoms with Crippen LogP contribution in [-0.4, -0.2) is 29.3 Å². The Morgan fingerprint density at radius 3 is 2.25 bits per heavy atom. The third-order valence-corrected chi connectivity index (χ3v) is 5.29. The quantitative estimate of drug-likeness (QED) is 0.688. The summed E-state index contributed by atoms with van der Waals surface area (Å²) >= 11 is 3.58. The average molecular weight is 387 g/mol. The van der Waals surface area contributed by atoms with Crippen molar-refractivity contribution in [3.8, 4) is 0 Å². The number of carbonyl (C=O) groups excluding carboxylic acids is 1. The minimum atomic E-state index is -0.621. The molecule has 1 heterocycles. The second-order valence-electron chi connectivity index (χ2n) is 5.98. The highest BCUT2D eigenvalue weighted by Crippen LogP contribution is 2.49. The van der Waals surface area contributed by atoms with Gasteiger partial charge in [0.05, 0.1) is 5.69 Å². The Balaban J connectivity index is 2.25. The van der Waals surface area contributed by atoms with Gasteiger partial charge in [-0.25, -0.2) is 10.0 Å². The predicted molar refractivity (Wildman–Crippen MR) is 102 cm³/mol. The van der Waals surface area contributed by atoms with Crippen LogP contribution in [0.4, 0.5) is 5.69 Å². The number of halogens is 1. The molecule has 0 aromatic heterocycles. The van der Waals surface area contributed by atoms with Crippen molar-refractivity contribution in [3.63, 3.8) is 0 Å². The fourth-order valence-electron chi connectivity index (χ4n) is 3.74. The number of amides is 1. The molecule has 0 bridgehead atoms. The van der Waals surface area contributed by atoms with Crippen LogP contribution in [0.2, 0.25) is 0 Å². The molecule has 3 nitrogen and oxygen atoms in total. The molecule has 126 valence electrons. The van der Waals surface area contributed by atoms with E-state index in [1.54, 1.807) is 0 Å². The highest BCUT2D eigenvalue weighted by atomic mass is 79.9. The van der Waals surface area contributed by atoms with E-state index in [0.717, 1.165) is 41.7 Å². The van der Waals surface area contributed by atoms with Gasteiger partial charge in [-0.2, -0.15) is 0 Å². The minimum Gasteiger partial charge on any atom is -0.272 e. The van der Waals surface area contributed by atoms with Crippen molar-refractivity contribution < 1.29 is 4.79 Å². The molecule has 0 fully saturated rings. The molecular weight excluding hydrogens is 364 g/mol. The molecule has 1 unspecified atom stereocenters. The Bertz CT molecular complexity index is 715. The molecule has 0 saturated carbocycles. The van der Waals surface area contributed by atoms with Crippen molar-refractivity contribution in [3.05, 3.63) is 65.7 Å². The van der Waals surface area contributed by atoms with E-state index in [0.29, 0.717) is 0 Å². The molecule has 1 aliphatic heterocycles. The Morgan fingerprint density at radius 2 is 1.62 bits per heavy atom. The zero-order valence-electron chi connectivity index (χ0n) is 14.2. The molecule has 0 N–H and O–H groups in total. The summed E-state index contributed by atoms with van der Waals surface area (Å²) in [5.74, 6) is 0.151. The van der Waals surface area contributed by atoms with E-state index >= 15 is 0 Å². The molecule has 1 aliphatic rings. The summed E-state index contributed by atoms with van der Waals surface area (Å²) in [5, 5.41) is 4.78. The Hall–Kier alpha value is -1.65. The fraction of sp³-hybridized carbons (Fsp3) is 0.350. The third kappa shape index (κ3) is 2.49. The molecule has 2 aromatic carbocycles. The zero-order valence-corrected chi connectivity index (χ0v) is 15.8. The first-order valence-electron chi connectivity index (χ1n) is 8.51. The van der Waals surface area contributed by atoms with Crippen molar-refractivity contribution in [1.29, 1.82) is 0 Å². The molecule has 0 spiro atoms. The normalized spacial score (nSPS) is 19.8. The van der Waals surface area contributed by atoms with Crippen LogP contribution < -0.4 is 5.01 Å². The number of anilines is 1. The van der Waals surface area contributed by atoms with Crippen molar-refractivity contribution in [2.24, 2.45) is 0 Å². The van der Waals surface area contributed by atoms with Gasteiger partial charge in [-0.3, -0.25) is 4.79 Å². The van der Waals surface area contributed by atoms with Gasteiger partial charge >= 0.3 is 0 Å². The summed E-state index contributed by atoms with van der Waals surface area (Å²) in [4.78, 5) is 13.7. The van der Waals surface area contributed by atoms with Crippen LogP contribution in [0.5, 0.6) is 0 Å². The van der Waals surface area contributed by atoms with Gasteiger partial charge < -0.3 is 0 Å². The number of para-hydroxylation sites is 1. The SMILES string of the molecule is CCN(CC)N1C(=O)C(CCBr)(c2ccccc2)c2ccccc21. The van der Waals surface area contributed by atoms with Crippen molar-refractivity contribution >= 4 is 27.5 Å². The third-order valence-electron chi connectivity index (χ3n) is 4.90. The van der Waals surface area contributed by atoms with Gasteiger partial charge in [-0.05, 0) is 23.6 Å². The van der Waals surface area contributed by atoms with Crippen LogP contribution in [0.3, 0.4) is 0 Å².